The standard InChI is InChI=1S/C23H24N4O7S2/c28-10-12-33-19-8-7-18-22(25-19)35-23(24-18)26-21(29)20(27-34-15-9-11-32-13-15)14-1-3-16(4-2-14)36(30,31)17-5-6-17/h1-4,7-8,15,17,28H,5-6,9-13H2,(H,24,26,29)/b27-20+/t15-/m1/s1. The number of fused-ring (bicyclic) bond motifs is 1. The van der Waals surface area contributed by atoms with Crippen molar-refractivity contribution in [3.05, 3.63) is 42.0 Å². The Morgan fingerprint density at radius 3 is 2.67 bits per heavy atom. The maximum atomic E-state index is 13.2. The molecule has 0 radical (unpaired) electrons. The number of sulfone groups is 1. The van der Waals surface area contributed by atoms with E-state index in [1.165, 1.54) is 12.1 Å². The van der Waals surface area contributed by atoms with E-state index in [0.29, 0.717) is 59.4 Å². The minimum absolute atomic E-state index is 0.0172. The predicted molar refractivity (Wildman–Crippen MR) is 132 cm³/mol. The molecule has 13 heteroatoms. The van der Waals surface area contributed by atoms with Crippen LogP contribution in [0.4, 0.5) is 5.13 Å². The van der Waals surface area contributed by atoms with E-state index in [0.717, 1.165) is 11.3 Å². The molecule has 2 N–H and O–H groups in total. The van der Waals surface area contributed by atoms with Crippen molar-refractivity contribution in [1.82, 2.24) is 9.97 Å². The van der Waals surface area contributed by atoms with Gasteiger partial charge in [0.1, 0.15) is 17.0 Å². The summed E-state index contributed by atoms with van der Waals surface area (Å²) in [4.78, 5) is 28.3. The number of rotatable bonds is 10. The number of nitrogens with one attached hydrogen (secondary N) is 1. The highest BCUT2D eigenvalue weighted by Gasteiger charge is 2.36. The first-order valence-corrected chi connectivity index (χ1v) is 13.8. The fourth-order valence-corrected chi connectivity index (χ4v) is 6.04. The van der Waals surface area contributed by atoms with Gasteiger partial charge < -0.3 is 19.4 Å². The number of thiazole rings is 1. The molecular weight excluding hydrogens is 508 g/mol. The second-order valence-corrected chi connectivity index (χ2v) is 11.5. The van der Waals surface area contributed by atoms with Crippen molar-refractivity contribution in [3.8, 4) is 5.88 Å². The number of benzene rings is 1. The van der Waals surface area contributed by atoms with Gasteiger partial charge in [0.05, 0.1) is 30.0 Å². The Morgan fingerprint density at radius 2 is 1.97 bits per heavy atom. The minimum Gasteiger partial charge on any atom is -0.475 e. The number of anilines is 1. The van der Waals surface area contributed by atoms with Crippen LogP contribution in [0.2, 0.25) is 0 Å². The van der Waals surface area contributed by atoms with Gasteiger partial charge in [-0.3, -0.25) is 10.1 Å². The number of carbonyl (C=O) groups excluding carboxylic acids is 1. The van der Waals surface area contributed by atoms with Gasteiger partial charge in [-0.15, -0.1) is 0 Å². The van der Waals surface area contributed by atoms with Crippen LogP contribution >= 0.6 is 11.3 Å². The van der Waals surface area contributed by atoms with Gasteiger partial charge in [0.25, 0.3) is 5.91 Å². The highest BCUT2D eigenvalue weighted by atomic mass is 32.2. The average Bonchev–Trinajstić information content (AvgIpc) is 3.48. The molecule has 3 heterocycles. The third-order valence-corrected chi connectivity index (χ3v) is 8.77. The zero-order valence-electron chi connectivity index (χ0n) is 19.1. The Bertz CT molecular complexity index is 1380. The number of amides is 1. The summed E-state index contributed by atoms with van der Waals surface area (Å²) in [5, 5.41) is 15.7. The van der Waals surface area contributed by atoms with E-state index in [1.54, 1.807) is 24.3 Å². The van der Waals surface area contributed by atoms with E-state index in [1.807, 2.05) is 0 Å². The number of nitrogens with zero attached hydrogens (tertiary/aromatic N) is 3. The lowest BCUT2D eigenvalue weighted by atomic mass is 10.1. The molecule has 2 fully saturated rings. The number of carbonyl (C=O) groups is 1. The Labute approximate surface area is 211 Å². The molecule has 1 aromatic carbocycles. The molecule has 1 saturated carbocycles. The second-order valence-electron chi connectivity index (χ2n) is 8.32. The molecule has 0 bridgehead atoms. The highest BCUT2D eigenvalue weighted by Crippen LogP contribution is 2.33. The maximum absolute atomic E-state index is 13.2. The van der Waals surface area contributed by atoms with Crippen molar-refractivity contribution in [2.75, 3.05) is 31.7 Å². The number of aromatic nitrogens is 2. The van der Waals surface area contributed by atoms with Gasteiger partial charge in [0.2, 0.25) is 5.88 Å². The number of oxime groups is 1. The first-order chi connectivity index (χ1) is 17.4. The van der Waals surface area contributed by atoms with Gasteiger partial charge in [0.15, 0.2) is 26.8 Å². The summed E-state index contributed by atoms with van der Waals surface area (Å²) in [5.41, 5.74) is 0.954. The molecule has 11 nitrogen and oxygen atoms in total. The topological polar surface area (TPSA) is 149 Å². The molecule has 1 aliphatic carbocycles. The molecule has 3 aromatic rings. The van der Waals surface area contributed by atoms with Crippen LogP contribution in [-0.4, -0.2) is 72.9 Å². The van der Waals surface area contributed by atoms with Crippen molar-refractivity contribution >= 4 is 48.3 Å². The van der Waals surface area contributed by atoms with Gasteiger partial charge in [0, 0.05) is 18.1 Å². The summed E-state index contributed by atoms with van der Waals surface area (Å²) < 4.78 is 35.7. The van der Waals surface area contributed by atoms with Crippen LogP contribution in [0.5, 0.6) is 5.88 Å². The lowest BCUT2D eigenvalue weighted by molar-refractivity contribution is -0.110. The highest BCUT2D eigenvalue weighted by molar-refractivity contribution is 7.92. The summed E-state index contributed by atoms with van der Waals surface area (Å²) in [6.07, 6.45) is 1.72. The first-order valence-electron chi connectivity index (χ1n) is 11.4. The molecule has 5 rings (SSSR count). The molecule has 2 aliphatic rings. The van der Waals surface area contributed by atoms with Crippen molar-refractivity contribution < 1.29 is 32.6 Å². The molecule has 0 spiro atoms. The Kier molecular flexibility index (Phi) is 7.14. The predicted octanol–water partition coefficient (Wildman–Crippen LogP) is 2.15. The SMILES string of the molecule is O=C(Nc1nc2ccc(OCCO)nc2s1)/C(=N/O[C@@H]1CCOC1)c1ccc(S(=O)(=O)C2CC2)cc1. The summed E-state index contributed by atoms with van der Waals surface area (Å²) in [5.74, 6) is -0.226. The summed E-state index contributed by atoms with van der Waals surface area (Å²) in [6.45, 7) is 0.918. The van der Waals surface area contributed by atoms with Gasteiger partial charge in [-0.2, -0.15) is 0 Å². The molecular formula is C23H24N4O7S2. The fourth-order valence-electron chi connectivity index (χ4n) is 3.56. The van der Waals surface area contributed by atoms with Crippen LogP contribution in [0.25, 0.3) is 10.3 Å². The summed E-state index contributed by atoms with van der Waals surface area (Å²) >= 11 is 1.15. The van der Waals surface area contributed by atoms with Crippen molar-refractivity contribution in [2.24, 2.45) is 5.16 Å². The van der Waals surface area contributed by atoms with E-state index in [-0.39, 0.29) is 35.2 Å². The van der Waals surface area contributed by atoms with Crippen LogP contribution < -0.4 is 10.1 Å². The first kappa shape index (κ1) is 24.6. The Morgan fingerprint density at radius 1 is 1.17 bits per heavy atom. The molecule has 190 valence electrons. The van der Waals surface area contributed by atoms with E-state index < -0.39 is 15.7 Å². The third kappa shape index (κ3) is 5.48. The van der Waals surface area contributed by atoms with Crippen molar-refractivity contribution in [1.29, 1.82) is 0 Å². The monoisotopic (exact) mass is 532 g/mol. The largest absolute Gasteiger partial charge is 0.475 e. The number of pyridine rings is 1. The smallest absolute Gasteiger partial charge is 0.280 e. The zero-order valence-corrected chi connectivity index (χ0v) is 20.8. The number of aliphatic hydroxyl groups is 1. The second kappa shape index (κ2) is 10.5. The number of hydrogen-bond acceptors (Lipinski definition) is 11. The summed E-state index contributed by atoms with van der Waals surface area (Å²) in [7, 11) is -3.35. The zero-order chi connectivity index (χ0) is 25.1. The molecule has 1 saturated heterocycles. The normalized spacial score (nSPS) is 18.4. The van der Waals surface area contributed by atoms with E-state index >= 15 is 0 Å². The number of aliphatic hydroxyl groups excluding tert-OH is 1. The fraction of sp³-hybridized carbons (Fsp3) is 0.391. The quantitative estimate of drug-likeness (QED) is 0.296. The van der Waals surface area contributed by atoms with Crippen molar-refractivity contribution in [3.63, 3.8) is 0 Å². The van der Waals surface area contributed by atoms with Crippen LogP contribution in [0, 0.1) is 0 Å². The molecule has 0 unspecified atom stereocenters. The van der Waals surface area contributed by atoms with Gasteiger partial charge >= 0.3 is 0 Å². The van der Waals surface area contributed by atoms with Gasteiger partial charge in [-0.1, -0.05) is 28.6 Å². The Hall–Kier alpha value is -3.13. The van der Waals surface area contributed by atoms with E-state index in [2.05, 4.69) is 20.4 Å². The Balaban J connectivity index is 1.38. The van der Waals surface area contributed by atoms with Crippen molar-refractivity contribution in [2.45, 2.75) is 35.5 Å². The summed E-state index contributed by atoms with van der Waals surface area (Å²) in [6, 6.07) is 9.41. The molecule has 1 atom stereocenters. The van der Waals surface area contributed by atoms with E-state index in [4.69, 9.17) is 19.4 Å². The molecule has 36 heavy (non-hydrogen) atoms. The molecule has 2 aromatic heterocycles. The number of ether oxygens (including phenoxy) is 2. The van der Waals surface area contributed by atoms with Gasteiger partial charge in [-0.25, -0.2) is 18.4 Å². The molecule has 1 amide bonds. The van der Waals surface area contributed by atoms with Crippen LogP contribution in [0.15, 0.2) is 46.4 Å². The lowest BCUT2D eigenvalue weighted by Crippen LogP contribution is -2.25. The minimum atomic E-state index is -3.35. The van der Waals surface area contributed by atoms with Crippen LogP contribution in [-0.2, 0) is 24.2 Å². The number of hydrogen-bond donors (Lipinski definition) is 2. The lowest BCUT2D eigenvalue weighted by Gasteiger charge is -2.10. The van der Waals surface area contributed by atoms with Crippen LogP contribution in [0.3, 0.4) is 0 Å². The van der Waals surface area contributed by atoms with E-state index in [9.17, 15) is 13.2 Å². The molecule has 1 aliphatic heterocycles. The average molecular weight is 533 g/mol. The third-order valence-electron chi connectivity index (χ3n) is 5.61. The maximum Gasteiger partial charge on any atom is 0.280 e. The van der Waals surface area contributed by atoms with Crippen LogP contribution in [0.1, 0.15) is 24.8 Å². The van der Waals surface area contributed by atoms with Gasteiger partial charge in [-0.05, 0) is 31.0 Å².